The van der Waals surface area contributed by atoms with Gasteiger partial charge < -0.3 is 11.1 Å². The number of nitrogens with one attached hydrogen (secondary N) is 1. The van der Waals surface area contributed by atoms with E-state index in [2.05, 4.69) is 17.1 Å². The van der Waals surface area contributed by atoms with Crippen LogP contribution in [-0.4, -0.2) is 42.5 Å². The van der Waals surface area contributed by atoms with Gasteiger partial charge in [-0.05, 0) is 31.7 Å². The Morgan fingerprint density at radius 1 is 1.25 bits per heavy atom. The summed E-state index contributed by atoms with van der Waals surface area (Å²) in [7, 11) is 0. The topological polar surface area (TPSA) is 58.4 Å². The van der Waals surface area contributed by atoms with Crippen LogP contribution in [0.1, 0.15) is 58.3 Å². The molecule has 0 saturated heterocycles. The van der Waals surface area contributed by atoms with Crippen LogP contribution in [0, 0.1) is 5.92 Å². The minimum Gasteiger partial charge on any atom is -0.353 e. The van der Waals surface area contributed by atoms with Crippen LogP contribution in [0.2, 0.25) is 0 Å². The lowest BCUT2D eigenvalue weighted by Crippen LogP contribution is -2.44. The largest absolute Gasteiger partial charge is 0.353 e. The van der Waals surface area contributed by atoms with Crippen LogP contribution in [0.15, 0.2) is 0 Å². The summed E-state index contributed by atoms with van der Waals surface area (Å²) < 4.78 is 0. The number of nitrogens with two attached hydrogens (primary N) is 1. The number of rotatable bonds is 8. The van der Waals surface area contributed by atoms with E-state index in [1.165, 1.54) is 44.9 Å². The van der Waals surface area contributed by atoms with Crippen LogP contribution >= 0.6 is 0 Å². The van der Waals surface area contributed by atoms with Crippen LogP contribution < -0.4 is 11.1 Å². The van der Waals surface area contributed by atoms with Crippen LogP contribution in [-0.2, 0) is 4.79 Å². The number of hydrogen-bond donors (Lipinski definition) is 2. The molecule has 2 aliphatic rings. The highest BCUT2D eigenvalue weighted by Gasteiger charge is 2.27. The molecule has 2 aliphatic carbocycles. The second-order valence-electron chi connectivity index (χ2n) is 6.50. The Kier molecular flexibility index (Phi) is 6.30. The first-order valence-electron chi connectivity index (χ1n) is 8.48. The molecule has 20 heavy (non-hydrogen) atoms. The zero-order valence-corrected chi connectivity index (χ0v) is 12.9. The third kappa shape index (κ3) is 5.06. The molecule has 0 aromatic rings. The van der Waals surface area contributed by atoms with E-state index in [0.29, 0.717) is 5.92 Å². The molecule has 0 bridgehead atoms. The van der Waals surface area contributed by atoms with Gasteiger partial charge in [-0.25, -0.2) is 0 Å². The van der Waals surface area contributed by atoms with Gasteiger partial charge in [0.2, 0.25) is 5.91 Å². The summed E-state index contributed by atoms with van der Waals surface area (Å²) in [6.07, 6.45) is 10.0. The molecule has 0 aromatic heterocycles. The smallest absolute Gasteiger partial charge is 0.236 e. The molecule has 4 nitrogen and oxygen atoms in total. The van der Waals surface area contributed by atoms with Crippen LogP contribution in [0.25, 0.3) is 0 Å². The van der Waals surface area contributed by atoms with Crippen LogP contribution in [0.4, 0.5) is 0 Å². The Hall–Kier alpha value is -0.610. The van der Waals surface area contributed by atoms with Crippen molar-refractivity contribution in [2.75, 3.05) is 19.6 Å². The fraction of sp³-hybridized carbons (Fsp3) is 0.938. The minimum atomic E-state index is -0.311. The van der Waals surface area contributed by atoms with Crippen molar-refractivity contribution >= 4 is 5.91 Å². The van der Waals surface area contributed by atoms with E-state index in [-0.39, 0.29) is 11.9 Å². The standard InChI is InChI=1S/C16H31N3O/c1-2-19(14-8-9-14)11-10-18-16(20)15(17)12-13-6-4-3-5-7-13/h13-15H,2-12,17H2,1H3,(H,18,20). The van der Waals surface area contributed by atoms with Gasteiger partial charge in [-0.1, -0.05) is 39.0 Å². The molecule has 1 atom stereocenters. The van der Waals surface area contributed by atoms with Gasteiger partial charge in [-0.3, -0.25) is 9.69 Å². The number of amides is 1. The molecule has 4 heteroatoms. The van der Waals surface area contributed by atoms with E-state index in [1.807, 2.05) is 0 Å². The van der Waals surface area contributed by atoms with Crippen molar-refractivity contribution in [3.63, 3.8) is 0 Å². The van der Waals surface area contributed by atoms with Crippen molar-refractivity contribution in [2.45, 2.75) is 70.4 Å². The molecule has 1 unspecified atom stereocenters. The zero-order valence-electron chi connectivity index (χ0n) is 12.9. The van der Waals surface area contributed by atoms with Crippen molar-refractivity contribution in [3.05, 3.63) is 0 Å². The summed E-state index contributed by atoms with van der Waals surface area (Å²) in [5, 5.41) is 3.01. The van der Waals surface area contributed by atoms with Gasteiger partial charge >= 0.3 is 0 Å². The SMILES string of the molecule is CCN(CCNC(=O)C(N)CC1CCCCC1)C1CC1. The number of carbonyl (C=O) groups excluding carboxylic acids is 1. The summed E-state index contributed by atoms with van der Waals surface area (Å²) in [6.45, 7) is 4.97. The van der Waals surface area contributed by atoms with Crippen LogP contribution in [0.5, 0.6) is 0 Å². The second-order valence-corrected chi connectivity index (χ2v) is 6.50. The molecule has 0 spiro atoms. The maximum atomic E-state index is 12.0. The predicted molar refractivity (Wildman–Crippen MR) is 82.4 cm³/mol. The Morgan fingerprint density at radius 2 is 1.95 bits per heavy atom. The molecule has 2 fully saturated rings. The van der Waals surface area contributed by atoms with Crippen LogP contribution in [0.3, 0.4) is 0 Å². The molecule has 3 N–H and O–H groups in total. The van der Waals surface area contributed by atoms with Gasteiger partial charge in [-0.2, -0.15) is 0 Å². The molecule has 116 valence electrons. The molecular formula is C16H31N3O. The summed E-state index contributed by atoms with van der Waals surface area (Å²) in [5.41, 5.74) is 6.04. The molecule has 1 amide bonds. The maximum Gasteiger partial charge on any atom is 0.236 e. The third-order valence-corrected chi connectivity index (χ3v) is 4.82. The maximum absolute atomic E-state index is 12.0. The fourth-order valence-electron chi connectivity index (χ4n) is 3.38. The van der Waals surface area contributed by atoms with E-state index >= 15 is 0 Å². The summed E-state index contributed by atoms with van der Waals surface area (Å²) in [4.78, 5) is 14.5. The highest BCUT2D eigenvalue weighted by Crippen LogP contribution is 2.27. The molecule has 2 saturated carbocycles. The number of likely N-dealkylation sites (N-methyl/N-ethyl adjacent to an activating group) is 1. The fourth-order valence-corrected chi connectivity index (χ4v) is 3.38. The van der Waals surface area contributed by atoms with E-state index in [1.54, 1.807) is 0 Å². The molecule has 0 heterocycles. The first kappa shape index (κ1) is 15.8. The molecule has 0 aromatic carbocycles. The minimum absolute atomic E-state index is 0.0439. The Balaban J connectivity index is 1.60. The Labute approximate surface area is 123 Å². The normalized spacial score (nSPS) is 21.9. The van der Waals surface area contributed by atoms with Gasteiger partial charge in [0.15, 0.2) is 0 Å². The zero-order chi connectivity index (χ0) is 14.4. The quantitative estimate of drug-likeness (QED) is 0.714. The van der Waals surface area contributed by atoms with Gasteiger partial charge in [0, 0.05) is 19.1 Å². The first-order chi connectivity index (χ1) is 9.70. The predicted octanol–water partition coefficient (Wildman–Crippen LogP) is 1.88. The molecule has 2 rings (SSSR count). The van der Waals surface area contributed by atoms with Gasteiger partial charge in [0.05, 0.1) is 6.04 Å². The average Bonchev–Trinajstić information content (AvgIpc) is 3.29. The van der Waals surface area contributed by atoms with E-state index in [0.717, 1.165) is 32.1 Å². The van der Waals surface area contributed by atoms with E-state index in [9.17, 15) is 4.79 Å². The lowest BCUT2D eigenvalue weighted by atomic mass is 9.85. The summed E-state index contributed by atoms with van der Waals surface area (Å²) >= 11 is 0. The second kappa shape index (κ2) is 7.99. The lowest BCUT2D eigenvalue weighted by Gasteiger charge is -2.24. The third-order valence-electron chi connectivity index (χ3n) is 4.82. The van der Waals surface area contributed by atoms with Gasteiger partial charge in [0.25, 0.3) is 0 Å². The average molecular weight is 281 g/mol. The summed E-state index contributed by atoms with van der Waals surface area (Å²) in [6, 6.07) is 0.460. The highest BCUT2D eigenvalue weighted by molar-refractivity contribution is 5.81. The van der Waals surface area contributed by atoms with Crippen molar-refractivity contribution < 1.29 is 4.79 Å². The molecular weight excluding hydrogens is 250 g/mol. The number of hydrogen-bond acceptors (Lipinski definition) is 3. The number of nitrogens with zero attached hydrogens (tertiary/aromatic N) is 1. The van der Waals surface area contributed by atoms with Crippen molar-refractivity contribution in [2.24, 2.45) is 11.7 Å². The summed E-state index contributed by atoms with van der Waals surface area (Å²) in [5.74, 6) is 0.713. The number of carbonyl (C=O) groups is 1. The lowest BCUT2D eigenvalue weighted by molar-refractivity contribution is -0.122. The van der Waals surface area contributed by atoms with Gasteiger partial charge in [0.1, 0.15) is 0 Å². The van der Waals surface area contributed by atoms with Gasteiger partial charge in [-0.15, -0.1) is 0 Å². The highest BCUT2D eigenvalue weighted by atomic mass is 16.2. The van der Waals surface area contributed by atoms with Crippen molar-refractivity contribution in [3.8, 4) is 0 Å². The Bertz CT molecular complexity index is 298. The first-order valence-corrected chi connectivity index (χ1v) is 8.48. The van der Waals surface area contributed by atoms with Crippen molar-refractivity contribution in [1.82, 2.24) is 10.2 Å². The monoisotopic (exact) mass is 281 g/mol. The van der Waals surface area contributed by atoms with E-state index in [4.69, 9.17) is 5.73 Å². The molecule has 0 radical (unpaired) electrons. The molecule has 0 aliphatic heterocycles. The van der Waals surface area contributed by atoms with E-state index < -0.39 is 0 Å². The Morgan fingerprint density at radius 3 is 2.55 bits per heavy atom. The van der Waals surface area contributed by atoms with Crippen molar-refractivity contribution in [1.29, 1.82) is 0 Å².